The van der Waals surface area contributed by atoms with Gasteiger partial charge in [-0.25, -0.2) is 0 Å². The molecule has 3 rings (SSSR count). The Hall–Kier alpha value is -0.510. The van der Waals surface area contributed by atoms with E-state index in [2.05, 4.69) is 0 Å². The molecule has 3 heteroatoms. The summed E-state index contributed by atoms with van der Waals surface area (Å²) >= 11 is 1.88. The molecule has 92 valence electrons. The first-order valence-electron chi connectivity index (χ1n) is 6.28. The van der Waals surface area contributed by atoms with Gasteiger partial charge in [0, 0.05) is 12.2 Å². The normalized spacial score (nSPS) is 37.5. The van der Waals surface area contributed by atoms with Crippen molar-refractivity contribution in [2.24, 2.45) is 0 Å². The predicted octanol–water partition coefficient (Wildman–Crippen LogP) is 2.91. The van der Waals surface area contributed by atoms with Crippen molar-refractivity contribution in [1.29, 1.82) is 0 Å². The molecule has 1 unspecified atom stereocenters. The summed E-state index contributed by atoms with van der Waals surface area (Å²) in [6, 6.07) is 10.0. The Kier molecular flexibility index (Phi) is 2.93. The van der Waals surface area contributed by atoms with Crippen LogP contribution < -0.4 is 0 Å². The highest BCUT2D eigenvalue weighted by Gasteiger charge is 2.47. The number of aliphatic hydroxyl groups is 1. The molecule has 17 heavy (non-hydrogen) atoms. The number of hydrogen-bond acceptors (Lipinski definition) is 3. The minimum absolute atomic E-state index is 0.122. The third-order valence-corrected chi connectivity index (χ3v) is 5.20. The van der Waals surface area contributed by atoms with Crippen molar-refractivity contribution in [3.8, 4) is 0 Å². The molecule has 0 amide bonds. The molecule has 1 saturated carbocycles. The van der Waals surface area contributed by atoms with Crippen LogP contribution in [0.4, 0.5) is 0 Å². The van der Waals surface area contributed by atoms with E-state index < -0.39 is 5.60 Å². The second-order valence-corrected chi connectivity index (χ2v) is 6.48. The van der Waals surface area contributed by atoms with Crippen molar-refractivity contribution < 1.29 is 9.84 Å². The number of ether oxygens (including phenoxy) is 1. The van der Waals surface area contributed by atoms with Crippen molar-refractivity contribution >= 4 is 11.8 Å². The first-order chi connectivity index (χ1) is 8.23. The molecule has 0 radical (unpaired) electrons. The van der Waals surface area contributed by atoms with Crippen LogP contribution in [0.15, 0.2) is 30.3 Å². The van der Waals surface area contributed by atoms with Gasteiger partial charge in [-0.1, -0.05) is 30.3 Å². The molecule has 1 heterocycles. The third kappa shape index (κ3) is 2.12. The second kappa shape index (κ2) is 4.30. The maximum Gasteiger partial charge on any atom is 0.116 e. The van der Waals surface area contributed by atoms with Crippen LogP contribution in [0, 0.1) is 0 Å². The van der Waals surface area contributed by atoms with E-state index in [0.29, 0.717) is 0 Å². The largest absolute Gasteiger partial charge is 0.385 e. The molecule has 1 N–H and O–H groups in total. The minimum Gasteiger partial charge on any atom is -0.385 e. The van der Waals surface area contributed by atoms with Crippen LogP contribution >= 0.6 is 11.8 Å². The zero-order valence-electron chi connectivity index (χ0n) is 9.89. The Balaban J connectivity index is 1.87. The maximum absolute atomic E-state index is 10.9. The molecule has 2 nitrogen and oxygen atoms in total. The van der Waals surface area contributed by atoms with Gasteiger partial charge in [0.05, 0.1) is 12.2 Å². The fourth-order valence-electron chi connectivity index (χ4n) is 3.01. The molecule has 1 saturated heterocycles. The molecule has 1 aliphatic carbocycles. The summed E-state index contributed by atoms with van der Waals surface area (Å²) in [6.45, 7) is 0.829. The topological polar surface area (TPSA) is 29.5 Å². The average molecular weight is 250 g/mol. The molecular weight excluding hydrogens is 232 g/mol. The van der Waals surface area contributed by atoms with Crippen LogP contribution in [0.25, 0.3) is 0 Å². The highest BCUT2D eigenvalue weighted by molar-refractivity contribution is 8.00. The highest BCUT2D eigenvalue weighted by atomic mass is 32.2. The average Bonchev–Trinajstić information content (AvgIpc) is 2.78. The monoisotopic (exact) mass is 250 g/mol. The van der Waals surface area contributed by atoms with Crippen LogP contribution in [0.3, 0.4) is 0 Å². The number of hydrogen-bond donors (Lipinski definition) is 1. The Bertz CT molecular complexity index is 386. The quantitative estimate of drug-likeness (QED) is 0.831. The lowest BCUT2D eigenvalue weighted by molar-refractivity contribution is -0.0829. The second-order valence-electron chi connectivity index (χ2n) is 5.04. The molecule has 1 aromatic rings. The summed E-state index contributed by atoms with van der Waals surface area (Å²) in [5, 5.41) is 10.9. The lowest BCUT2D eigenvalue weighted by Crippen LogP contribution is -2.41. The van der Waals surface area contributed by atoms with Gasteiger partial charge in [0.15, 0.2) is 0 Å². The van der Waals surface area contributed by atoms with Crippen molar-refractivity contribution in [2.45, 2.75) is 36.2 Å². The highest BCUT2D eigenvalue weighted by Crippen LogP contribution is 2.51. The van der Waals surface area contributed by atoms with E-state index in [0.717, 1.165) is 43.6 Å². The van der Waals surface area contributed by atoms with E-state index >= 15 is 0 Å². The van der Waals surface area contributed by atoms with Gasteiger partial charge in [-0.15, -0.1) is 11.8 Å². The summed E-state index contributed by atoms with van der Waals surface area (Å²) in [5.74, 6) is 1.06. The van der Waals surface area contributed by atoms with E-state index in [1.54, 1.807) is 0 Å². The van der Waals surface area contributed by atoms with Gasteiger partial charge >= 0.3 is 0 Å². The summed E-state index contributed by atoms with van der Waals surface area (Å²) < 4.78 is 5.90. The predicted molar refractivity (Wildman–Crippen MR) is 69.9 cm³/mol. The van der Waals surface area contributed by atoms with Crippen molar-refractivity contribution in [3.05, 3.63) is 35.9 Å². The van der Waals surface area contributed by atoms with E-state index in [1.165, 1.54) is 0 Å². The molecule has 0 bridgehead atoms. The smallest absolute Gasteiger partial charge is 0.116 e. The lowest BCUT2D eigenvalue weighted by atomic mass is 9.78. The van der Waals surface area contributed by atoms with Crippen molar-refractivity contribution in [3.63, 3.8) is 0 Å². The molecule has 2 atom stereocenters. The van der Waals surface area contributed by atoms with Gasteiger partial charge in [0.1, 0.15) is 4.93 Å². The van der Waals surface area contributed by atoms with Gasteiger partial charge in [-0.3, -0.25) is 0 Å². The van der Waals surface area contributed by atoms with E-state index in [-0.39, 0.29) is 4.93 Å². The molecule has 2 aliphatic rings. The van der Waals surface area contributed by atoms with Crippen LogP contribution in [-0.4, -0.2) is 22.4 Å². The zero-order chi connectivity index (χ0) is 11.8. The van der Waals surface area contributed by atoms with Crippen LogP contribution in [0.1, 0.15) is 31.2 Å². The van der Waals surface area contributed by atoms with Gasteiger partial charge in [-0.2, -0.15) is 0 Å². The summed E-state index contributed by atoms with van der Waals surface area (Å²) in [5.41, 5.74) is 0.340. The number of thioether (sulfide) groups is 1. The fraction of sp³-hybridized carbons (Fsp3) is 0.571. The SMILES string of the molecule is OC1(c2ccccc2)CCC[C@@]2(C1)OCCS2. The Morgan fingerprint density at radius 3 is 2.71 bits per heavy atom. The standard InChI is InChI=1S/C14H18O2S/c15-13(12-5-2-1-3-6-12)7-4-8-14(11-13)16-9-10-17-14/h1-3,5-6,15H,4,7-11H2/t13?,14-/m1/s1. The number of rotatable bonds is 1. The van der Waals surface area contributed by atoms with Gasteiger partial charge < -0.3 is 9.84 Å². The molecule has 1 spiro atoms. The third-order valence-electron chi connectivity index (χ3n) is 3.83. The number of benzene rings is 1. The zero-order valence-corrected chi connectivity index (χ0v) is 10.7. The Labute approximate surface area is 106 Å². The minimum atomic E-state index is -0.698. The van der Waals surface area contributed by atoms with Crippen LogP contribution in [0.2, 0.25) is 0 Å². The first-order valence-corrected chi connectivity index (χ1v) is 7.27. The molecular formula is C14H18O2S. The Morgan fingerprint density at radius 1 is 1.18 bits per heavy atom. The summed E-state index contributed by atoms with van der Waals surface area (Å²) in [6.07, 6.45) is 3.70. The summed E-state index contributed by atoms with van der Waals surface area (Å²) in [7, 11) is 0. The van der Waals surface area contributed by atoms with E-state index in [1.807, 2.05) is 42.1 Å². The van der Waals surface area contributed by atoms with Crippen LogP contribution in [-0.2, 0) is 10.3 Å². The van der Waals surface area contributed by atoms with E-state index in [9.17, 15) is 5.11 Å². The fourth-order valence-corrected chi connectivity index (χ4v) is 4.35. The lowest BCUT2D eigenvalue weighted by Gasteiger charge is -2.42. The van der Waals surface area contributed by atoms with Gasteiger partial charge in [0.2, 0.25) is 0 Å². The Morgan fingerprint density at radius 2 is 2.00 bits per heavy atom. The van der Waals surface area contributed by atoms with Gasteiger partial charge in [-0.05, 0) is 24.8 Å². The van der Waals surface area contributed by atoms with Gasteiger partial charge in [0.25, 0.3) is 0 Å². The first kappa shape index (κ1) is 11.6. The molecule has 2 fully saturated rings. The van der Waals surface area contributed by atoms with Crippen LogP contribution in [0.5, 0.6) is 0 Å². The maximum atomic E-state index is 10.9. The van der Waals surface area contributed by atoms with Crippen molar-refractivity contribution in [2.75, 3.05) is 12.4 Å². The van der Waals surface area contributed by atoms with E-state index in [4.69, 9.17) is 4.74 Å². The molecule has 1 aromatic carbocycles. The molecule has 1 aliphatic heterocycles. The van der Waals surface area contributed by atoms with Crippen molar-refractivity contribution in [1.82, 2.24) is 0 Å². The summed E-state index contributed by atoms with van der Waals surface area (Å²) in [4.78, 5) is -0.122. The molecule has 0 aromatic heterocycles.